The quantitative estimate of drug-likeness (QED) is 0.747. The number of esters is 1. The maximum absolute atomic E-state index is 12.1. The molecular formula is C23H36O4. The van der Waals surface area contributed by atoms with Gasteiger partial charge in [-0.15, -0.1) is 0 Å². The summed E-state index contributed by atoms with van der Waals surface area (Å²) in [6, 6.07) is 0. The normalized spacial score (nSPS) is 49.1. The molecule has 4 rings (SSSR count). The lowest BCUT2D eigenvalue weighted by molar-refractivity contribution is -0.169. The van der Waals surface area contributed by atoms with Crippen molar-refractivity contribution < 1.29 is 19.4 Å². The Kier molecular flexibility index (Phi) is 4.93. The first-order valence-corrected chi connectivity index (χ1v) is 11.2. The second-order valence-electron chi connectivity index (χ2n) is 10.4. The number of aliphatic hydroxyl groups is 1. The van der Waals surface area contributed by atoms with Crippen molar-refractivity contribution in [2.24, 2.45) is 34.5 Å². The zero-order chi connectivity index (χ0) is 19.4. The van der Waals surface area contributed by atoms with Crippen LogP contribution in [0.4, 0.5) is 0 Å². The van der Waals surface area contributed by atoms with Gasteiger partial charge in [0.25, 0.3) is 0 Å². The third-order valence-corrected chi connectivity index (χ3v) is 9.13. The average Bonchev–Trinajstić information content (AvgIpc) is 2.87. The van der Waals surface area contributed by atoms with Crippen LogP contribution in [0, 0.1) is 34.5 Å². The SMILES string of the molecule is CCCC(=O)OC1[C@H](O)CC2C3CCC4CC(=O)CC[C@]4(C)C3CC[C@@]21C. The number of fused-ring (bicyclic) bond motifs is 5. The van der Waals surface area contributed by atoms with Crippen molar-refractivity contribution in [2.45, 2.75) is 97.2 Å². The van der Waals surface area contributed by atoms with E-state index in [9.17, 15) is 14.7 Å². The highest BCUT2D eigenvalue weighted by Crippen LogP contribution is 2.66. The van der Waals surface area contributed by atoms with Crippen molar-refractivity contribution >= 4 is 11.8 Å². The van der Waals surface area contributed by atoms with Gasteiger partial charge in [-0.1, -0.05) is 20.8 Å². The molecule has 0 aliphatic heterocycles. The molecule has 0 spiro atoms. The van der Waals surface area contributed by atoms with E-state index >= 15 is 0 Å². The molecule has 5 unspecified atom stereocenters. The zero-order valence-electron chi connectivity index (χ0n) is 17.2. The van der Waals surface area contributed by atoms with E-state index in [-0.39, 0.29) is 22.9 Å². The summed E-state index contributed by atoms with van der Waals surface area (Å²) >= 11 is 0. The van der Waals surface area contributed by atoms with E-state index < -0.39 is 6.10 Å². The summed E-state index contributed by atoms with van der Waals surface area (Å²) in [5, 5.41) is 10.8. The number of hydrogen-bond acceptors (Lipinski definition) is 4. The Morgan fingerprint density at radius 1 is 1.15 bits per heavy atom. The Bertz CT molecular complexity index is 615. The van der Waals surface area contributed by atoms with Crippen LogP contribution in [0.3, 0.4) is 0 Å². The van der Waals surface area contributed by atoms with E-state index in [2.05, 4.69) is 13.8 Å². The largest absolute Gasteiger partial charge is 0.459 e. The van der Waals surface area contributed by atoms with Gasteiger partial charge in [0, 0.05) is 24.7 Å². The van der Waals surface area contributed by atoms with Gasteiger partial charge in [0.2, 0.25) is 0 Å². The minimum Gasteiger partial charge on any atom is -0.459 e. The highest BCUT2D eigenvalue weighted by atomic mass is 16.6. The first kappa shape index (κ1) is 19.4. The van der Waals surface area contributed by atoms with Crippen molar-refractivity contribution in [3.05, 3.63) is 0 Å². The zero-order valence-corrected chi connectivity index (χ0v) is 17.2. The van der Waals surface area contributed by atoms with Gasteiger partial charge in [0.1, 0.15) is 11.9 Å². The van der Waals surface area contributed by atoms with Crippen molar-refractivity contribution in [3.8, 4) is 0 Å². The van der Waals surface area contributed by atoms with E-state index in [0.717, 1.165) is 51.4 Å². The van der Waals surface area contributed by atoms with Crippen LogP contribution in [0.15, 0.2) is 0 Å². The molecule has 27 heavy (non-hydrogen) atoms. The second-order valence-corrected chi connectivity index (χ2v) is 10.4. The highest BCUT2D eigenvalue weighted by molar-refractivity contribution is 5.79. The molecule has 0 radical (unpaired) electrons. The number of aliphatic hydroxyl groups excluding tert-OH is 1. The number of ketones is 1. The minimum absolute atomic E-state index is 0.0995. The summed E-state index contributed by atoms with van der Waals surface area (Å²) in [5.74, 6) is 2.53. The molecule has 8 atom stereocenters. The van der Waals surface area contributed by atoms with E-state index in [1.54, 1.807) is 0 Å². The summed E-state index contributed by atoms with van der Waals surface area (Å²) in [4.78, 5) is 24.2. The molecule has 0 amide bonds. The molecule has 4 saturated carbocycles. The molecule has 4 heteroatoms. The highest BCUT2D eigenvalue weighted by Gasteiger charge is 2.63. The van der Waals surface area contributed by atoms with E-state index in [1.807, 2.05) is 6.92 Å². The molecule has 0 heterocycles. The van der Waals surface area contributed by atoms with Gasteiger partial charge < -0.3 is 9.84 Å². The van der Waals surface area contributed by atoms with Crippen LogP contribution in [0.1, 0.15) is 85.0 Å². The average molecular weight is 377 g/mol. The molecule has 0 aromatic carbocycles. The molecular weight excluding hydrogens is 340 g/mol. The topological polar surface area (TPSA) is 63.6 Å². The molecule has 4 aliphatic rings. The van der Waals surface area contributed by atoms with Crippen LogP contribution in [-0.2, 0) is 14.3 Å². The Hall–Kier alpha value is -0.900. The Morgan fingerprint density at radius 3 is 2.67 bits per heavy atom. The lowest BCUT2D eigenvalue weighted by Crippen LogP contribution is -2.54. The molecule has 0 saturated heterocycles. The summed E-state index contributed by atoms with van der Waals surface area (Å²) in [6.07, 6.45) is 8.16. The number of rotatable bonds is 3. The van der Waals surface area contributed by atoms with Gasteiger partial charge in [-0.05, 0) is 74.0 Å². The summed E-state index contributed by atoms with van der Waals surface area (Å²) in [7, 11) is 0. The van der Waals surface area contributed by atoms with Crippen molar-refractivity contribution in [3.63, 3.8) is 0 Å². The fraction of sp³-hybridized carbons (Fsp3) is 0.913. The predicted molar refractivity (Wildman–Crippen MR) is 103 cm³/mol. The smallest absolute Gasteiger partial charge is 0.306 e. The maximum atomic E-state index is 12.1. The molecule has 152 valence electrons. The van der Waals surface area contributed by atoms with Gasteiger partial charge in [0.15, 0.2) is 0 Å². The van der Waals surface area contributed by atoms with Gasteiger partial charge in [-0.3, -0.25) is 9.59 Å². The van der Waals surface area contributed by atoms with E-state index in [0.29, 0.717) is 35.9 Å². The van der Waals surface area contributed by atoms with Crippen LogP contribution in [0.5, 0.6) is 0 Å². The standard InChI is InChI=1S/C23H36O4/c1-4-5-20(26)27-21-19(25)13-18-16-7-6-14-12-15(24)8-10-22(14,2)17(16)9-11-23(18,21)3/h14,16-19,21,25H,4-13H2,1-3H3/t14?,16?,17?,18?,19-,21?,22+,23+/m1/s1. The summed E-state index contributed by atoms with van der Waals surface area (Å²) in [5.41, 5.74) is 0.178. The minimum atomic E-state index is -0.530. The Morgan fingerprint density at radius 2 is 1.93 bits per heavy atom. The van der Waals surface area contributed by atoms with Crippen molar-refractivity contribution in [1.29, 1.82) is 0 Å². The first-order valence-electron chi connectivity index (χ1n) is 11.2. The Balaban J connectivity index is 1.56. The van der Waals surface area contributed by atoms with Gasteiger partial charge in [0.05, 0.1) is 6.10 Å². The van der Waals surface area contributed by atoms with E-state index in [1.165, 1.54) is 6.42 Å². The number of carbonyl (C=O) groups excluding carboxylic acids is 2. The van der Waals surface area contributed by atoms with Gasteiger partial charge >= 0.3 is 5.97 Å². The third-order valence-electron chi connectivity index (χ3n) is 9.13. The molecule has 0 aromatic heterocycles. The monoisotopic (exact) mass is 376 g/mol. The van der Waals surface area contributed by atoms with Gasteiger partial charge in [-0.2, -0.15) is 0 Å². The molecule has 0 aromatic rings. The van der Waals surface area contributed by atoms with Crippen LogP contribution < -0.4 is 0 Å². The van der Waals surface area contributed by atoms with Crippen LogP contribution >= 0.6 is 0 Å². The molecule has 0 bridgehead atoms. The van der Waals surface area contributed by atoms with Gasteiger partial charge in [-0.25, -0.2) is 0 Å². The Labute approximate surface area is 163 Å². The molecule has 4 fully saturated rings. The van der Waals surface area contributed by atoms with Crippen LogP contribution in [0.25, 0.3) is 0 Å². The maximum Gasteiger partial charge on any atom is 0.306 e. The van der Waals surface area contributed by atoms with Crippen molar-refractivity contribution in [2.75, 3.05) is 0 Å². The van der Waals surface area contributed by atoms with Crippen LogP contribution in [0.2, 0.25) is 0 Å². The number of ether oxygens (including phenoxy) is 1. The lowest BCUT2D eigenvalue weighted by Gasteiger charge is -2.59. The molecule has 1 N–H and O–H groups in total. The van der Waals surface area contributed by atoms with Crippen molar-refractivity contribution in [1.82, 2.24) is 0 Å². The fourth-order valence-electron chi connectivity index (χ4n) is 7.63. The third kappa shape index (κ3) is 2.97. The molecule has 4 aliphatic carbocycles. The summed E-state index contributed by atoms with van der Waals surface area (Å²) in [6.45, 7) is 6.68. The number of Topliss-reactive ketones (excluding diaryl/α,β-unsaturated/α-hetero) is 1. The first-order chi connectivity index (χ1) is 12.8. The number of carbonyl (C=O) groups is 2. The second kappa shape index (κ2) is 6.86. The number of hydrogen-bond donors (Lipinski definition) is 1. The predicted octanol–water partition coefficient (Wildman–Crippen LogP) is 4.28. The van der Waals surface area contributed by atoms with Crippen LogP contribution in [-0.4, -0.2) is 29.1 Å². The molecule has 4 nitrogen and oxygen atoms in total. The lowest BCUT2D eigenvalue weighted by atomic mass is 9.45. The van der Waals surface area contributed by atoms with E-state index in [4.69, 9.17) is 4.74 Å². The summed E-state index contributed by atoms with van der Waals surface area (Å²) < 4.78 is 5.83. The fourth-order valence-corrected chi connectivity index (χ4v) is 7.63.